The van der Waals surface area contributed by atoms with Crippen molar-refractivity contribution in [3.05, 3.63) is 188 Å². The fourth-order valence-corrected chi connectivity index (χ4v) is 4.26. The molecule has 0 atom stereocenters. The van der Waals surface area contributed by atoms with E-state index in [4.69, 9.17) is 15.8 Å². The molecule has 4 N–H and O–H groups in total. The van der Waals surface area contributed by atoms with Gasteiger partial charge in [-0.1, -0.05) is 103 Å². The van der Waals surface area contributed by atoms with E-state index in [2.05, 4.69) is 34.7 Å². The topological polar surface area (TPSA) is 153 Å². The maximum atomic E-state index is 10.5. The number of rotatable bonds is 5. The second kappa shape index (κ2) is 19.2. The summed E-state index contributed by atoms with van der Waals surface area (Å²) in [4.78, 5) is 19.8. The molecule has 236 valence electrons. The number of hydrogen-bond acceptors (Lipinski definition) is 7. The van der Waals surface area contributed by atoms with E-state index in [-0.39, 0.29) is 11.4 Å². The Balaban J connectivity index is 0.000000174. The molecule has 6 aromatic carbocycles. The van der Waals surface area contributed by atoms with Gasteiger partial charge < -0.3 is 15.8 Å². The van der Waals surface area contributed by atoms with Crippen molar-refractivity contribution >= 4 is 52.2 Å². The number of hydrogen-bond donors (Lipinski definition) is 3. The van der Waals surface area contributed by atoms with E-state index < -0.39 is 17.0 Å². The largest absolute Gasteiger partial charge is 0.488 e. The van der Waals surface area contributed by atoms with Crippen molar-refractivity contribution in [2.24, 2.45) is 0 Å². The van der Waals surface area contributed by atoms with Crippen molar-refractivity contribution in [2.75, 3.05) is 5.73 Å². The molecular weight excluding hydrogens is 708 g/mol. The SMILES string of the molecule is Nc1ccc(-c2ccccc2)cc1.O=[N+]([O-])c1ccc(-c2ccccc2)cc1.O=[N+]([O-])c1ccc(I)cc1.OB(O)c1ccccc1. The standard InChI is InChI=1S/C12H9NO2.C12H11N.C6H7BO2.C6H4INO2/c14-13(15)12-8-6-11(7-9-12)10-4-2-1-3-5-10;13-12-8-6-11(7-9-12)10-4-2-1-3-5-10;8-7(9)6-4-2-1-3-5-6;7-5-1-3-6(4-2-5)8(9)10/h1-9H;1-9H,13H2;1-5,8-9H;1-4H. The monoisotopic (exact) mass is 739 g/mol. The first-order valence-electron chi connectivity index (χ1n) is 14.2. The van der Waals surface area contributed by atoms with E-state index in [1.807, 2.05) is 78.9 Å². The molecule has 0 fully saturated rings. The number of benzene rings is 6. The molecule has 0 heterocycles. The van der Waals surface area contributed by atoms with Gasteiger partial charge in [0.15, 0.2) is 0 Å². The number of nitrogens with two attached hydrogens (primary N) is 1. The van der Waals surface area contributed by atoms with E-state index in [1.54, 1.807) is 48.5 Å². The Labute approximate surface area is 286 Å². The lowest BCUT2D eigenvalue weighted by Gasteiger charge is -2.00. The van der Waals surface area contributed by atoms with E-state index in [9.17, 15) is 20.2 Å². The van der Waals surface area contributed by atoms with Crippen LogP contribution in [-0.4, -0.2) is 27.0 Å². The van der Waals surface area contributed by atoms with E-state index in [0.717, 1.165) is 20.4 Å². The molecule has 0 aromatic heterocycles. The number of anilines is 1. The van der Waals surface area contributed by atoms with Gasteiger partial charge in [-0.05, 0) is 86.7 Å². The summed E-state index contributed by atoms with van der Waals surface area (Å²) >= 11 is 2.10. The van der Waals surface area contributed by atoms with Crippen molar-refractivity contribution in [3.8, 4) is 22.3 Å². The van der Waals surface area contributed by atoms with Crippen molar-refractivity contribution in [1.29, 1.82) is 0 Å². The van der Waals surface area contributed by atoms with Gasteiger partial charge in [0.1, 0.15) is 0 Å². The zero-order chi connectivity index (χ0) is 34.0. The van der Waals surface area contributed by atoms with Crippen LogP contribution < -0.4 is 11.2 Å². The second-order valence-corrected chi connectivity index (χ2v) is 10.9. The Morgan fingerprint density at radius 3 is 1.15 bits per heavy atom. The molecule has 0 amide bonds. The lowest BCUT2D eigenvalue weighted by Crippen LogP contribution is -2.29. The van der Waals surface area contributed by atoms with E-state index in [1.165, 1.54) is 35.4 Å². The minimum Gasteiger partial charge on any atom is -0.423 e. The molecule has 0 unspecified atom stereocenters. The van der Waals surface area contributed by atoms with Gasteiger partial charge in [-0.25, -0.2) is 0 Å². The molecule has 0 saturated heterocycles. The van der Waals surface area contributed by atoms with Gasteiger partial charge in [-0.3, -0.25) is 20.2 Å². The molecule has 6 rings (SSSR count). The quantitative estimate of drug-likeness (QED) is 0.0537. The minimum atomic E-state index is -1.34. The fraction of sp³-hybridized carbons (Fsp3) is 0. The first kappa shape index (κ1) is 36.1. The third kappa shape index (κ3) is 12.9. The Hall–Kier alpha value is -5.37. The Bertz CT molecular complexity index is 1800. The molecule has 0 spiro atoms. The van der Waals surface area contributed by atoms with E-state index in [0.29, 0.717) is 5.46 Å². The Morgan fingerprint density at radius 2 is 0.809 bits per heavy atom. The first-order valence-corrected chi connectivity index (χ1v) is 15.2. The molecule has 6 aromatic rings. The summed E-state index contributed by atoms with van der Waals surface area (Å²) in [5.41, 5.74) is 11.7. The van der Waals surface area contributed by atoms with Gasteiger partial charge in [-0.2, -0.15) is 0 Å². The molecular formula is C36H31BIN3O6. The third-order valence-corrected chi connectivity index (χ3v) is 7.06. The Morgan fingerprint density at radius 1 is 0.489 bits per heavy atom. The van der Waals surface area contributed by atoms with Crippen molar-refractivity contribution in [2.45, 2.75) is 0 Å². The number of non-ortho nitro benzene ring substituents is 2. The molecule has 9 nitrogen and oxygen atoms in total. The van der Waals surface area contributed by atoms with Gasteiger partial charge in [-0.15, -0.1) is 0 Å². The van der Waals surface area contributed by atoms with Crippen LogP contribution in [0, 0.1) is 23.8 Å². The van der Waals surface area contributed by atoms with Gasteiger partial charge in [0.05, 0.1) is 9.85 Å². The van der Waals surface area contributed by atoms with Crippen molar-refractivity contribution in [3.63, 3.8) is 0 Å². The van der Waals surface area contributed by atoms with Crippen LogP contribution in [0.25, 0.3) is 22.3 Å². The normalized spacial score (nSPS) is 9.60. The molecule has 0 aliphatic rings. The van der Waals surface area contributed by atoms with Crippen molar-refractivity contribution in [1.82, 2.24) is 0 Å². The van der Waals surface area contributed by atoms with Crippen LogP contribution in [0.4, 0.5) is 17.1 Å². The number of halogens is 1. The lowest BCUT2D eigenvalue weighted by molar-refractivity contribution is -0.385. The summed E-state index contributed by atoms with van der Waals surface area (Å²) in [6, 6.07) is 49.5. The molecule has 0 aliphatic carbocycles. The van der Waals surface area contributed by atoms with Crippen LogP contribution in [0.2, 0.25) is 0 Å². The molecule has 0 radical (unpaired) electrons. The second-order valence-electron chi connectivity index (χ2n) is 9.68. The molecule has 47 heavy (non-hydrogen) atoms. The zero-order valence-electron chi connectivity index (χ0n) is 25.0. The zero-order valence-corrected chi connectivity index (χ0v) is 27.2. The van der Waals surface area contributed by atoms with Gasteiger partial charge in [0.2, 0.25) is 0 Å². The lowest BCUT2D eigenvalue weighted by atomic mass is 9.81. The molecule has 0 saturated carbocycles. The molecule has 0 aliphatic heterocycles. The highest BCUT2D eigenvalue weighted by Crippen LogP contribution is 2.22. The number of nitrogens with zero attached hydrogens (tertiary/aromatic N) is 2. The van der Waals surface area contributed by atoms with Gasteiger partial charge in [0.25, 0.3) is 11.4 Å². The average Bonchev–Trinajstić information content (AvgIpc) is 3.11. The summed E-state index contributed by atoms with van der Waals surface area (Å²) in [7, 11) is -1.34. The van der Waals surface area contributed by atoms with Crippen LogP contribution in [0.3, 0.4) is 0 Å². The van der Waals surface area contributed by atoms with Crippen molar-refractivity contribution < 1.29 is 19.9 Å². The summed E-state index contributed by atoms with van der Waals surface area (Å²) in [6.45, 7) is 0. The number of nitro groups is 2. The highest BCUT2D eigenvalue weighted by atomic mass is 127. The van der Waals surface area contributed by atoms with Crippen LogP contribution in [-0.2, 0) is 0 Å². The molecule has 0 bridgehead atoms. The van der Waals surface area contributed by atoms with Crippen LogP contribution >= 0.6 is 22.6 Å². The number of nitro benzene ring substituents is 2. The van der Waals surface area contributed by atoms with Crippen LogP contribution in [0.5, 0.6) is 0 Å². The minimum absolute atomic E-state index is 0.120. The predicted octanol–water partition coefficient (Wildman–Crippen LogP) is 7.76. The summed E-state index contributed by atoms with van der Waals surface area (Å²) in [5.74, 6) is 0. The predicted molar refractivity (Wildman–Crippen MR) is 197 cm³/mol. The highest BCUT2D eigenvalue weighted by Gasteiger charge is 2.07. The summed E-state index contributed by atoms with van der Waals surface area (Å²) < 4.78 is 1.00. The summed E-state index contributed by atoms with van der Waals surface area (Å²) in [5, 5.41) is 37.7. The Kier molecular flexibility index (Phi) is 14.8. The maximum Gasteiger partial charge on any atom is 0.488 e. The molecule has 11 heteroatoms. The van der Waals surface area contributed by atoms with E-state index >= 15 is 0 Å². The maximum absolute atomic E-state index is 10.5. The first-order chi connectivity index (χ1) is 22.6. The smallest absolute Gasteiger partial charge is 0.423 e. The number of nitrogen functional groups attached to an aromatic ring is 1. The fourth-order valence-electron chi connectivity index (χ4n) is 3.90. The van der Waals surface area contributed by atoms with Gasteiger partial charge >= 0.3 is 7.12 Å². The third-order valence-electron chi connectivity index (χ3n) is 6.34. The average molecular weight is 739 g/mol. The van der Waals surface area contributed by atoms with Crippen LogP contribution in [0.1, 0.15) is 0 Å². The summed E-state index contributed by atoms with van der Waals surface area (Å²) in [6.07, 6.45) is 0. The highest BCUT2D eigenvalue weighted by molar-refractivity contribution is 14.1. The van der Waals surface area contributed by atoms with Gasteiger partial charge in [0, 0.05) is 33.5 Å². The van der Waals surface area contributed by atoms with Crippen LogP contribution in [0.15, 0.2) is 164 Å².